The number of piperazine rings is 1. The number of nitrogens with zero attached hydrogens (tertiary/aromatic N) is 5. The molecule has 3 aromatic heterocycles. The molecule has 9 heteroatoms. The minimum atomic E-state index is -0.0493. The number of anilines is 3. The van der Waals surface area contributed by atoms with Gasteiger partial charge in [-0.1, -0.05) is 23.7 Å². The standard InChI is InChI=1S/C32H34ClN7O/c33-23-3-1-2-21(12-23)27-15-28(27)32(41)37-30-14-24(6-8-34-30)35-16-25-18-39-17-22(20-4-5-20)13-29(31(39)36-25)40-11-10-38-9-7-26(40)19-38/h1-3,6,8,12-14,17-18,20,26-28H,4-5,7,9-11,15-16,19H2,(H2,34,35,37,41). The lowest BCUT2D eigenvalue weighted by molar-refractivity contribution is -0.117. The SMILES string of the molecule is O=C(Nc1cc(NCc2cn3cc(C4CC4)cc(N4CCN5CCC4C5)c3n2)ccn1)C1CC1c1cccc(Cl)c1. The van der Waals surface area contributed by atoms with E-state index in [1.54, 1.807) is 6.20 Å². The quantitative estimate of drug-likeness (QED) is 0.292. The third-order valence-corrected chi connectivity index (χ3v) is 9.43. The van der Waals surface area contributed by atoms with E-state index in [0.29, 0.717) is 29.3 Å². The van der Waals surface area contributed by atoms with E-state index in [1.807, 2.05) is 36.4 Å². The highest BCUT2D eigenvalue weighted by atomic mass is 35.5. The molecule has 1 aromatic carbocycles. The van der Waals surface area contributed by atoms with Crippen LogP contribution in [0.25, 0.3) is 5.65 Å². The average molecular weight is 568 g/mol. The lowest BCUT2D eigenvalue weighted by Crippen LogP contribution is -2.47. The molecular weight excluding hydrogens is 534 g/mol. The number of carbonyl (C=O) groups is 1. The van der Waals surface area contributed by atoms with Gasteiger partial charge in [-0.3, -0.25) is 9.69 Å². The Morgan fingerprint density at radius 3 is 2.83 bits per heavy atom. The fourth-order valence-electron chi connectivity index (χ4n) is 6.72. The highest BCUT2D eigenvalue weighted by molar-refractivity contribution is 6.30. The van der Waals surface area contributed by atoms with E-state index in [2.05, 4.69) is 48.3 Å². The summed E-state index contributed by atoms with van der Waals surface area (Å²) in [6.07, 6.45) is 10.8. The summed E-state index contributed by atoms with van der Waals surface area (Å²) in [6.45, 7) is 5.17. The molecule has 4 aliphatic rings. The van der Waals surface area contributed by atoms with Gasteiger partial charge in [0.25, 0.3) is 0 Å². The van der Waals surface area contributed by atoms with E-state index < -0.39 is 0 Å². The molecule has 41 heavy (non-hydrogen) atoms. The molecule has 210 valence electrons. The molecule has 4 aromatic rings. The number of pyridine rings is 2. The Hall–Kier alpha value is -3.62. The van der Waals surface area contributed by atoms with Gasteiger partial charge in [0, 0.05) is 73.5 Å². The Labute approximate surface area is 244 Å². The Kier molecular flexibility index (Phi) is 6.15. The summed E-state index contributed by atoms with van der Waals surface area (Å²) in [6, 6.07) is 14.6. The smallest absolute Gasteiger partial charge is 0.229 e. The first kappa shape index (κ1) is 25.1. The van der Waals surface area contributed by atoms with Gasteiger partial charge in [0.15, 0.2) is 5.65 Å². The van der Waals surface area contributed by atoms with Crippen LogP contribution in [-0.2, 0) is 11.3 Å². The Morgan fingerprint density at radius 2 is 1.95 bits per heavy atom. The zero-order chi connectivity index (χ0) is 27.5. The van der Waals surface area contributed by atoms with Crippen LogP contribution in [0.3, 0.4) is 0 Å². The van der Waals surface area contributed by atoms with Crippen LogP contribution in [0, 0.1) is 5.92 Å². The van der Waals surface area contributed by atoms with Crippen molar-refractivity contribution in [3.63, 3.8) is 0 Å². The van der Waals surface area contributed by atoms with Gasteiger partial charge < -0.3 is 19.9 Å². The van der Waals surface area contributed by atoms with E-state index in [9.17, 15) is 4.79 Å². The van der Waals surface area contributed by atoms with Crippen molar-refractivity contribution in [1.29, 1.82) is 0 Å². The second kappa shape index (κ2) is 10.0. The van der Waals surface area contributed by atoms with Gasteiger partial charge in [-0.15, -0.1) is 0 Å². The first-order chi connectivity index (χ1) is 20.1. The van der Waals surface area contributed by atoms with E-state index in [1.165, 1.54) is 37.1 Å². The maximum Gasteiger partial charge on any atom is 0.229 e. The van der Waals surface area contributed by atoms with Crippen molar-refractivity contribution in [3.05, 3.63) is 82.9 Å². The van der Waals surface area contributed by atoms with Crippen LogP contribution < -0.4 is 15.5 Å². The highest BCUT2D eigenvalue weighted by Crippen LogP contribution is 2.48. The first-order valence-electron chi connectivity index (χ1n) is 14.8. The molecule has 5 heterocycles. The van der Waals surface area contributed by atoms with Gasteiger partial charge in [-0.25, -0.2) is 9.97 Å². The fourth-order valence-corrected chi connectivity index (χ4v) is 6.92. The molecule has 4 unspecified atom stereocenters. The van der Waals surface area contributed by atoms with Gasteiger partial charge in [-0.05, 0) is 72.9 Å². The zero-order valence-electron chi connectivity index (χ0n) is 23.0. The lowest BCUT2D eigenvalue weighted by Gasteiger charge is -2.36. The molecule has 8 nitrogen and oxygen atoms in total. The predicted molar refractivity (Wildman–Crippen MR) is 162 cm³/mol. The number of fused-ring (bicyclic) bond motifs is 3. The summed E-state index contributed by atoms with van der Waals surface area (Å²) in [5, 5.41) is 7.21. The van der Waals surface area contributed by atoms with E-state index in [0.717, 1.165) is 48.6 Å². The molecule has 1 amide bonds. The minimum absolute atomic E-state index is 0.00192. The van der Waals surface area contributed by atoms with E-state index in [-0.39, 0.29) is 17.7 Å². The van der Waals surface area contributed by atoms with Crippen LogP contribution in [0.1, 0.15) is 54.3 Å². The van der Waals surface area contributed by atoms with Gasteiger partial charge in [0.2, 0.25) is 5.91 Å². The molecule has 0 spiro atoms. The predicted octanol–water partition coefficient (Wildman–Crippen LogP) is 5.51. The molecule has 4 atom stereocenters. The summed E-state index contributed by atoms with van der Waals surface area (Å²) in [4.78, 5) is 27.6. The van der Waals surface area contributed by atoms with Gasteiger partial charge in [0.05, 0.1) is 17.9 Å². The normalized spacial score (nSPS) is 25.0. The molecule has 2 bridgehead atoms. The minimum Gasteiger partial charge on any atom is -0.379 e. The number of hydrogen-bond acceptors (Lipinski definition) is 6. The van der Waals surface area contributed by atoms with Crippen LogP contribution in [0.15, 0.2) is 61.1 Å². The number of halogens is 1. The van der Waals surface area contributed by atoms with Crippen LogP contribution >= 0.6 is 11.6 Å². The van der Waals surface area contributed by atoms with Crippen molar-refractivity contribution in [2.45, 2.75) is 50.1 Å². The molecular formula is C32H34ClN7O. The van der Waals surface area contributed by atoms with Gasteiger partial charge >= 0.3 is 0 Å². The molecule has 2 saturated carbocycles. The topological polar surface area (TPSA) is 77.8 Å². The van der Waals surface area contributed by atoms with Crippen molar-refractivity contribution in [1.82, 2.24) is 19.3 Å². The third kappa shape index (κ3) is 5.04. The van der Waals surface area contributed by atoms with Gasteiger partial charge in [0.1, 0.15) is 5.82 Å². The van der Waals surface area contributed by atoms with E-state index >= 15 is 0 Å². The molecule has 4 fully saturated rings. The first-order valence-corrected chi connectivity index (χ1v) is 15.2. The van der Waals surface area contributed by atoms with Crippen molar-refractivity contribution < 1.29 is 4.79 Å². The summed E-state index contributed by atoms with van der Waals surface area (Å²) >= 11 is 6.14. The average Bonchev–Trinajstić information content (AvgIpc) is 3.90. The summed E-state index contributed by atoms with van der Waals surface area (Å²) in [5.41, 5.74) is 6.79. The molecule has 2 saturated heterocycles. The molecule has 0 radical (unpaired) electrons. The number of carbonyl (C=O) groups excluding carboxylic acids is 1. The van der Waals surface area contributed by atoms with Crippen molar-refractivity contribution in [2.75, 3.05) is 41.7 Å². The third-order valence-electron chi connectivity index (χ3n) is 9.20. The molecule has 2 N–H and O–H groups in total. The number of amides is 1. The largest absolute Gasteiger partial charge is 0.379 e. The van der Waals surface area contributed by atoms with Crippen molar-refractivity contribution in [2.24, 2.45) is 5.92 Å². The molecule has 8 rings (SSSR count). The summed E-state index contributed by atoms with van der Waals surface area (Å²) < 4.78 is 2.24. The number of benzene rings is 1. The summed E-state index contributed by atoms with van der Waals surface area (Å²) in [7, 11) is 0. The number of rotatable bonds is 8. The Bertz CT molecular complexity index is 1630. The highest BCUT2D eigenvalue weighted by Gasteiger charge is 2.44. The molecule has 2 aliphatic heterocycles. The zero-order valence-corrected chi connectivity index (χ0v) is 23.7. The van der Waals surface area contributed by atoms with Crippen LogP contribution in [-0.4, -0.2) is 57.4 Å². The number of nitrogens with one attached hydrogen (secondary N) is 2. The van der Waals surface area contributed by atoms with Gasteiger partial charge in [-0.2, -0.15) is 0 Å². The monoisotopic (exact) mass is 567 g/mol. The maximum absolute atomic E-state index is 12.9. The van der Waals surface area contributed by atoms with Crippen LogP contribution in [0.4, 0.5) is 17.2 Å². The van der Waals surface area contributed by atoms with Crippen molar-refractivity contribution >= 4 is 40.3 Å². The lowest BCUT2D eigenvalue weighted by atomic mass is 10.1. The second-order valence-electron chi connectivity index (χ2n) is 12.1. The number of aromatic nitrogens is 3. The Morgan fingerprint density at radius 1 is 1.02 bits per heavy atom. The fraction of sp³-hybridized carbons (Fsp3) is 0.406. The number of hydrogen-bond donors (Lipinski definition) is 2. The Balaban J connectivity index is 0.963. The summed E-state index contributed by atoms with van der Waals surface area (Å²) in [5.74, 6) is 1.41. The number of imidazole rings is 1. The molecule has 2 aliphatic carbocycles. The van der Waals surface area contributed by atoms with Crippen molar-refractivity contribution in [3.8, 4) is 0 Å². The second-order valence-corrected chi connectivity index (χ2v) is 12.5. The van der Waals surface area contributed by atoms with Crippen LogP contribution in [0.5, 0.6) is 0 Å². The maximum atomic E-state index is 12.9. The van der Waals surface area contributed by atoms with E-state index in [4.69, 9.17) is 16.6 Å². The van der Waals surface area contributed by atoms with Crippen LogP contribution in [0.2, 0.25) is 5.02 Å².